The number of hydrogen-bond acceptors (Lipinski definition) is 4. The standard InChI is InChI=1S/C14H23N3O/c1-2-4-11(5-3-1)10-14-17-16-13(18-14)8-9-15-12-6-7-12/h11-12,15H,1-10H2. The van der Waals surface area contributed by atoms with Crippen LogP contribution in [0.4, 0.5) is 0 Å². The summed E-state index contributed by atoms with van der Waals surface area (Å²) in [5.74, 6) is 2.42. The Morgan fingerprint density at radius 2 is 1.78 bits per heavy atom. The average Bonchev–Trinajstić information content (AvgIpc) is 3.11. The Hall–Kier alpha value is -0.900. The lowest BCUT2D eigenvalue weighted by atomic mass is 9.87. The van der Waals surface area contributed by atoms with E-state index >= 15 is 0 Å². The fourth-order valence-electron chi connectivity index (χ4n) is 2.78. The smallest absolute Gasteiger partial charge is 0.217 e. The fraction of sp³-hybridized carbons (Fsp3) is 0.857. The van der Waals surface area contributed by atoms with Crippen LogP contribution in [0.15, 0.2) is 4.42 Å². The molecule has 1 aromatic rings. The summed E-state index contributed by atoms with van der Waals surface area (Å²) in [6.45, 7) is 0.968. The van der Waals surface area contributed by atoms with E-state index in [1.165, 1.54) is 44.9 Å². The van der Waals surface area contributed by atoms with Gasteiger partial charge >= 0.3 is 0 Å². The zero-order chi connectivity index (χ0) is 12.2. The molecule has 0 saturated heterocycles. The van der Waals surface area contributed by atoms with E-state index in [0.717, 1.165) is 43.1 Å². The summed E-state index contributed by atoms with van der Waals surface area (Å²) in [6.07, 6.45) is 11.3. The lowest BCUT2D eigenvalue weighted by Crippen LogP contribution is -2.19. The first-order chi connectivity index (χ1) is 8.90. The SMILES string of the molecule is C1CCC(Cc2nnc(CCNC3CC3)o2)CC1. The fourth-order valence-corrected chi connectivity index (χ4v) is 2.78. The minimum absolute atomic E-state index is 0.759. The average molecular weight is 249 g/mol. The predicted octanol–water partition coefficient (Wildman–Crippen LogP) is 2.49. The predicted molar refractivity (Wildman–Crippen MR) is 69.3 cm³/mol. The molecule has 0 aliphatic heterocycles. The molecule has 1 N–H and O–H groups in total. The summed E-state index contributed by atoms with van der Waals surface area (Å²) in [5, 5.41) is 11.8. The molecule has 0 unspecified atom stereocenters. The molecule has 3 rings (SSSR count). The van der Waals surface area contributed by atoms with Gasteiger partial charge in [0, 0.05) is 25.4 Å². The summed E-state index contributed by atoms with van der Waals surface area (Å²) in [6, 6.07) is 0.759. The third-order valence-corrected chi connectivity index (χ3v) is 4.05. The molecule has 0 spiro atoms. The molecule has 2 aliphatic carbocycles. The van der Waals surface area contributed by atoms with Crippen molar-refractivity contribution in [2.45, 2.75) is 63.8 Å². The van der Waals surface area contributed by atoms with Gasteiger partial charge in [0.15, 0.2) is 0 Å². The maximum absolute atomic E-state index is 5.73. The van der Waals surface area contributed by atoms with Gasteiger partial charge in [0.2, 0.25) is 11.8 Å². The molecule has 1 heterocycles. The largest absolute Gasteiger partial charge is 0.425 e. The van der Waals surface area contributed by atoms with E-state index in [1.54, 1.807) is 0 Å². The monoisotopic (exact) mass is 249 g/mol. The number of hydrogen-bond donors (Lipinski definition) is 1. The highest BCUT2D eigenvalue weighted by Crippen LogP contribution is 2.26. The molecule has 2 fully saturated rings. The van der Waals surface area contributed by atoms with Gasteiger partial charge in [-0.3, -0.25) is 0 Å². The maximum Gasteiger partial charge on any atom is 0.217 e. The second-order valence-corrected chi connectivity index (χ2v) is 5.78. The van der Waals surface area contributed by atoms with E-state index in [0.29, 0.717) is 0 Å². The van der Waals surface area contributed by atoms with Crippen LogP contribution in [0.2, 0.25) is 0 Å². The quantitative estimate of drug-likeness (QED) is 0.841. The summed E-state index contributed by atoms with van der Waals surface area (Å²) in [5.41, 5.74) is 0. The van der Waals surface area contributed by atoms with Gasteiger partial charge in [0.05, 0.1) is 0 Å². The third kappa shape index (κ3) is 3.55. The lowest BCUT2D eigenvalue weighted by Gasteiger charge is -2.19. The molecule has 1 aromatic heterocycles. The summed E-state index contributed by atoms with van der Waals surface area (Å²) in [4.78, 5) is 0. The Balaban J connectivity index is 1.42. The van der Waals surface area contributed by atoms with Crippen molar-refractivity contribution >= 4 is 0 Å². The summed E-state index contributed by atoms with van der Waals surface area (Å²) >= 11 is 0. The van der Waals surface area contributed by atoms with Crippen molar-refractivity contribution in [1.29, 1.82) is 0 Å². The van der Waals surface area contributed by atoms with Crippen LogP contribution in [-0.2, 0) is 12.8 Å². The third-order valence-electron chi connectivity index (χ3n) is 4.05. The Morgan fingerprint density at radius 1 is 1.00 bits per heavy atom. The second kappa shape index (κ2) is 5.83. The maximum atomic E-state index is 5.73. The van der Waals surface area contributed by atoms with Crippen molar-refractivity contribution in [3.05, 3.63) is 11.8 Å². The first-order valence-corrected chi connectivity index (χ1v) is 7.45. The van der Waals surface area contributed by atoms with Crippen LogP contribution in [-0.4, -0.2) is 22.8 Å². The molecule has 0 aromatic carbocycles. The van der Waals surface area contributed by atoms with Crippen molar-refractivity contribution < 1.29 is 4.42 Å². The molecule has 2 aliphatic rings. The summed E-state index contributed by atoms with van der Waals surface area (Å²) in [7, 11) is 0. The van der Waals surface area contributed by atoms with Gasteiger partial charge in [-0.05, 0) is 31.6 Å². The topological polar surface area (TPSA) is 51.0 Å². The van der Waals surface area contributed by atoms with Crippen molar-refractivity contribution in [3.63, 3.8) is 0 Å². The molecule has 100 valence electrons. The van der Waals surface area contributed by atoms with E-state index in [-0.39, 0.29) is 0 Å². The highest BCUT2D eigenvalue weighted by atomic mass is 16.4. The van der Waals surface area contributed by atoms with Crippen LogP contribution in [0.1, 0.15) is 56.7 Å². The molecule has 4 nitrogen and oxygen atoms in total. The van der Waals surface area contributed by atoms with Crippen molar-refractivity contribution in [1.82, 2.24) is 15.5 Å². The van der Waals surface area contributed by atoms with Crippen LogP contribution in [0, 0.1) is 5.92 Å². The van der Waals surface area contributed by atoms with Crippen LogP contribution >= 0.6 is 0 Å². The van der Waals surface area contributed by atoms with Crippen LogP contribution in [0.5, 0.6) is 0 Å². The van der Waals surface area contributed by atoms with E-state index in [4.69, 9.17) is 4.42 Å². The number of nitrogens with one attached hydrogen (secondary N) is 1. The minimum Gasteiger partial charge on any atom is -0.425 e. The van der Waals surface area contributed by atoms with Gasteiger partial charge in [-0.25, -0.2) is 0 Å². The number of rotatable bonds is 6. The van der Waals surface area contributed by atoms with Gasteiger partial charge < -0.3 is 9.73 Å². The van der Waals surface area contributed by atoms with Crippen molar-refractivity contribution in [2.24, 2.45) is 5.92 Å². The minimum atomic E-state index is 0.759. The number of nitrogens with zero attached hydrogens (tertiary/aromatic N) is 2. The van der Waals surface area contributed by atoms with Gasteiger partial charge in [0.25, 0.3) is 0 Å². The van der Waals surface area contributed by atoms with E-state index in [1.807, 2.05) is 0 Å². The highest BCUT2D eigenvalue weighted by molar-refractivity contribution is 4.87. The Labute approximate surface area is 109 Å². The normalized spacial score (nSPS) is 21.3. The zero-order valence-corrected chi connectivity index (χ0v) is 11.0. The molecule has 0 amide bonds. The molecule has 4 heteroatoms. The van der Waals surface area contributed by atoms with Crippen molar-refractivity contribution in [3.8, 4) is 0 Å². The van der Waals surface area contributed by atoms with Crippen molar-refractivity contribution in [2.75, 3.05) is 6.54 Å². The Bertz CT molecular complexity index is 367. The van der Waals surface area contributed by atoms with Gasteiger partial charge in [0.1, 0.15) is 0 Å². The molecule has 18 heavy (non-hydrogen) atoms. The van der Waals surface area contributed by atoms with E-state index < -0.39 is 0 Å². The molecule has 0 radical (unpaired) electrons. The first kappa shape index (κ1) is 12.2. The lowest BCUT2D eigenvalue weighted by molar-refractivity contribution is 0.324. The molecule has 2 saturated carbocycles. The van der Waals surface area contributed by atoms with E-state index in [2.05, 4.69) is 15.5 Å². The van der Waals surface area contributed by atoms with Crippen LogP contribution in [0.25, 0.3) is 0 Å². The highest BCUT2D eigenvalue weighted by Gasteiger charge is 2.20. The first-order valence-electron chi connectivity index (χ1n) is 7.45. The van der Waals surface area contributed by atoms with Gasteiger partial charge in [-0.2, -0.15) is 0 Å². The van der Waals surface area contributed by atoms with E-state index in [9.17, 15) is 0 Å². The molecule has 0 bridgehead atoms. The Morgan fingerprint density at radius 3 is 2.56 bits per heavy atom. The van der Waals surface area contributed by atoms with Gasteiger partial charge in [-0.1, -0.05) is 19.3 Å². The number of aromatic nitrogens is 2. The summed E-state index contributed by atoms with van der Waals surface area (Å²) < 4.78 is 5.73. The molecule has 0 atom stereocenters. The van der Waals surface area contributed by atoms with Gasteiger partial charge in [-0.15, -0.1) is 10.2 Å². The molecular formula is C14H23N3O. The van der Waals surface area contributed by atoms with Crippen LogP contribution < -0.4 is 5.32 Å². The Kier molecular flexibility index (Phi) is 3.93. The van der Waals surface area contributed by atoms with Crippen LogP contribution in [0.3, 0.4) is 0 Å². The molecular weight excluding hydrogens is 226 g/mol. The second-order valence-electron chi connectivity index (χ2n) is 5.78. The zero-order valence-electron chi connectivity index (χ0n) is 11.0.